The van der Waals surface area contributed by atoms with Gasteiger partial charge in [0, 0.05) is 6.08 Å². The summed E-state index contributed by atoms with van der Waals surface area (Å²) in [4.78, 5) is 11.5. The average Bonchev–Trinajstić information content (AvgIpc) is 2.91. The van der Waals surface area contributed by atoms with Crippen molar-refractivity contribution >= 4 is 27.9 Å². The Labute approximate surface area is 101 Å². The molecule has 2 N–H and O–H groups in total. The minimum Gasteiger partial charge on any atom is -0.450 e. The molecule has 0 aliphatic heterocycles. The molecule has 0 saturated heterocycles. The highest BCUT2D eigenvalue weighted by atomic mass is 79.9. The molecule has 2 rings (SSSR count). The van der Waals surface area contributed by atoms with Crippen LogP contribution in [0.2, 0.25) is 0 Å². The summed E-state index contributed by atoms with van der Waals surface area (Å²) in [5, 5.41) is 11.8. The van der Waals surface area contributed by atoms with Gasteiger partial charge in [-0.3, -0.25) is 4.79 Å². The molecule has 1 saturated carbocycles. The maximum absolute atomic E-state index is 11.5. The maximum atomic E-state index is 11.5. The van der Waals surface area contributed by atoms with Gasteiger partial charge in [-0.2, -0.15) is 0 Å². The number of hydrogen-bond donors (Lipinski definition) is 2. The molecule has 1 aliphatic rings. The molecule has 0 atom stereocenters. The van der Waals surface area contributed by atoms with E-state index in [0.717, 1.165) is 12.8 Å². The molecule has 1 aromatic heterocycles. The van der Waals surface area contributed by atoms with Crippen molar-refractivity contribution in [1.29, 1.82) is 0 Å². The van der Waals surface area contributed by atoms with Crippen LogP contribution in [0.3, 0.4) is 0 Å². The average molecular weight is 286 g/mol. The fourth-order valence-electron chi connectivity index (χ4n) is 1.35. The summed E-state index contributed by atoms with van der Waals surface area (Å²) >= 11 is 3.18. The van der Waals surface area contributed by atoms with E-state index in [-0.39, 0.29) is 18.1 Å². The van der Waals surface area contributed by atoms with Crippen LogP contribution in [0.1, 0.15) is 18.6 Å². The first kappa shape index (κ1) is 11.4. The van der Waals surface area contributed by atoms with Crippen LogP contribution >= 0.6 is 15.9 Å². The third-order valence-corrected chi connectivity index (χ3v) is 2.96. The maximum Gasteiger partial charge on any atom is 0.244 e. The van der Waals surface area contributed by atoms with Crippen molar-refractivity contribution in [3.8, 4) is 0 Å². The largest absolute Gasteiger partial charge is 0.450 e. The van der Waals surface area contributed by atoms with E-state index in [1.807, 2.05) is 0 Å². The van der Waals surface area contributed by atoms with Crippen LogP contribution < -0.4 is 5.32 Å². The SMILES string of the molecule is O=C(/C=C/c1ccc(Br)o1)NC1(CO)CC1. The lowest BCUT2D eigenvalue weighted by molar-refractivity contribution is -0.117. The van der Waals surface area contributed by atoms with Crippen LogP contribution in [0, 0.1) is 0 Å². The van der Waals surface area contributed by atoms with E-state index in [1.54, 1.807) is 18.2 Å². The number of carbonyl (C=O) groups is 1. The zero-order chi connectivity index (χ0) is 11.6. The highest BCUT2D eigenvalue weighted by Gasteiger charge is 2.42. The first-order valence-electron chi connectivity index (χ1n) is 5.00. The highest BCUT2D eigenvalue weighted by molar-refractivity contribution is 9.10. The number of aliphatic hydroxyl groups is 1. The summed E-state index contributed by atoms with van der Waals surface area (Å²) < 4.78 is 5.83. The first-order chi connectivity index (χ1) is 7.63. The predicted octanol–water partition coefficient (Wildman–Crippen LogP) is 1.70. The van der Waals surface area contributed by atoms with Gasteiger partial charge in [-0.1, -0.05) is 0 Å². The molecule has 1 fully saturated rings. The summed E-state index contributed by atoms with van der Waals surface area (Å²) in [6, 6.07) is 3.51. The number of rotatable bonds is 4. The van der Waals surface area contributed by atoms with Gasteiger partial charge in [0.25, 0.3) is 0 Å². The van der Waals surface area contributed by atoms with E-state index < -0.39 is 0 Å². The van der Waals surface area contributed by atoms with E-state index in [0.29, 0.717) is 10.4 Å². The summed E-state index contributed by atoms with van der Waals surface area (Å²) in [5.74, 6) is 0.398. The summed E-state index contributed by atoms with van der Waals surface area (Å²) in [6.45, 7) is -0.00111. The number of amides is 1. The lowest BCUT2D eigenvalue weighted by Crippen LogP contribution is -2.38. The Balaban J connectivity index is 1.90. The van der Waals surface area contributed by atoms with Gasteiger partial charge in [0.2, 0.25) is 5.91 Å². The van der Waals surface area contributed by atoms with Crippen LogP contribution in [-0.4, -0.2) is 23.2 Å². The second-order valence-electron chi connectivity index (χ2n) is 3.90. The fourth-order valence-corrected chi connectivity index (χ4v) is 1.67. The molecule has 0 spiro atoms. The Morgan fingerprint density at radius 3 is 2.88 bits per heavy atom. The Morgan fingerprint density at radius 2 is 2.38 bits per heavy atom. The van der Waals surface area contributed by atoms with Gasteiger partial charge in [-0.05, 0) is 47.0 Å². The van der Waals surface area contributed by atoms with E-state index in [2.05, 4.69) is 21.2 Å². The van der Waals surface area contributed by atoms with Gasteiger partial charge in [-0.25, -0.2) is 0 Å². The van der Waals surface area contributed by atoms with Gasteiger partial charge in [0.05, 0.1) is 12.1 Å². The van der Waals surface area contributed by atoms with E-state index in [1.165, 1.54) is 6.08 Å². The normalized spacial score (nSPS) is 17.6. The van der Waals surface area contributed by atoms with Gasteiger partial charge in [0.1, 0.15) is 5.76 Å². The van der Waals surface area contributed by atoms with Crippen molar-refractivity contribution in [2.75, 3.05) is 6.61 Å². The molecule has 4 nitrogen and oxygen atoms in total. The molecule has 0 radical (unpaired) electrons. The minimum atomic E-state index is -0.370. The summed E-state index contributed by atoms with van der Waals surface area (Å²) in [6.07, 6.45) is 4.68. The highest BCUT2D eigenvalue weighted by Crippen LogP contribution is 2.34. The lowest BCUT2D eigenvalue weighted by Gasteiger charge is -2.11. The van der Waals surface area contributed by atoms with Crippen LogP contribution in [-0.2, 0) is 4.79 Å². The standard InChI is InChI=1S/C11H12BrNO3/c12-9-3-1-8(16-9)2-4-10(15)13-11(7-14)5-6-11/h1-4,14H,5-7H2,(H,13,15)/b4-2+. The van der Waals surface area contributed by atoms with Crippen molar-refractivity contribution in [3.63, 3.8) is 0 Å². The van der Waals surface area contributed by atoms with Gasteiger partial charge >= 0.3 is 0 Å². The first-order valence-corrected chi connectivity index (χ1v) is 5.79. The number of nitrogens with one attached hydrogen (secondary N) is 1. The Bertz CT molecular complexity index is 421. The van der Waals surface area contributed by atoms with Crippen molar-refractivity contribution in [3.05, 3.63) is 28.6 Å². The second-order valence-corrected chi connectivity index (χ2v) is 4.68. The van der Waals surface area contributed by atoms with Gasteiger partial charge in [0.15, 0.2) is 4.67 Å². The van der Waals surface area contributed by atoms with Gasteiger partial charge < -0.3 is 14.8 Å². The Kier molecular flexibility index (Phi) is 3.16. The molecule has 1 heterocycles. The second kappa shape index (κ2) is 4.43. The topological polar surface area (TPSA) is 62.5 Å². The van der Waals surface area contributed by atoms with Crippen molar-refractivity contribution in [1.82, 2.24) is 5.32 Å². The van der Waals surface area contributed by atoms with Crippen molar-refractivity contribution < 1.29 is 14.3 Å². The van der Waals surface area contributed by atoms with Gasteiger partial charge in [-0.15, -0.1) is 0 Å². The molecule has 5 heteroatoms. The predicted molar refractivity (Wildman–Crippen MR) is 62.6 cm³/mol. The number of carbonyl (C=O) groups excluding carboxylic acids is 1. The van der Waals surface area contributed by atoms with Crippen molar-refractivity contribution in [2.24, 2.45) is 0 Å². The van der Waals surface area contributed by atoms with Crippen LogP contribution in [0.25, 0.3) is 6.08 Å². The molecular formula is C11H12BrNO3. The minimum absolute atomic E-state index is 0.00111. The molecule has 0 bridgehead atoms. The molecule has 16 heavy (non-hydrogen) atoms. The number of furan rings is 1. The monoisotopic (exact) mass is 285 g/mol. The zero-order valence-corrected chi connectivity index (χ0v) is 10.2. The molecule has 1 aliphatic carbocycles. The zero-order valence-electron chi connectivity index (χ0n) is 8.57. The Hall–Kier alpha value is -1.07. The fraction of sp³-hybridized carbons (Fsp3) is 0.364. The van der Waals surface area contributed by atoms with Crippen molar-refractivity contribution in [2.45, 2.75) is 18.4 Å². The summed E-state index contributed by atoms with van der Waals surface area (Å²) in [7, 11) is 0. The molecule has 0 unspecified atom stereocenters. The lowest BCUT2D eigenvalue weighted by atomic mass is 10.3. The van der Waals surface area contributed by atoms with E-state index in [4.69, 9.17) is 9.52 Å². The molecule has 86 valence electrons. The van der Waals surface area contributed by atoms with E-state index >= 15 is 0 Å². The molecule has 1 amide bonds. The quantitative estimate of drug-likeness (QED) is 0.828. The molecule has 0 aromatic carbocycles. The molecular weight excluding hydrogens is 274 g/mol. The third-order valence-electron chi connectivity index (χ3n) is 2.54. The Morgan fingerprint density at radius 1 is 1.62 bits per heavy atom. The van der Waals surface area contributed by atoms with Crippen LogP contribution in [0.4, 0.5) is 0 Å². The smallest absolute Gasteiger partial charge is 0.244 e. The summed E-state index contributed by atoms with van der Waals surface area (Å²) in [5.41, 5.74) is -0.370. The van der Waals surface area contributed by atoms with Crippen LogP contribution in [0.5, 0.6) is 0 Å². The number of aliphatic hydroxyl groups excluding tert-OH is 1. The number of halogens is 1. The van der Waals surface area contributed by atoms with Crippen LogP contribution in [0.15, 0.2) is 27.3 Å². The third kappa shape index (κ3) is 2.74. The molecule has 1 aromatic rings. The van der Waals surface area contributed by atoms with E-state index in [9.17, 15) is 4.79 Å². The number of hydrogen-bond acceptors (Lipinski definition) is 3.